The van der Waals surface area contributed by atoms with Gasteiger partial charge in [-0.25, -0.2) is 0 Å². The fourth-order valence-electron chi connectivity index (χ4n) is 1.03. The highest BCUT2D eigenvalue weighted by atomic mass is 16.5. The zero-order valence-corrected chi connectivity index (χ0v) is 5.45. The minimum Gasteiger partial charge on any atom is -0.489 e. The smallest absolute Gasteiger partial charge is 0.141 e. The molecule has 0 N–H and O–H groups in total. The lowest BCUT2D eigenvalue weighted by atomic mass is 10.0. The predicted molar refractivity (Wildman–Crippen MR) is 39.0 cm³/mol. The van der Waals surface area contributed by atoms with Gasteiger partial charge in [-0.1, -0.05) is 12.2 Å². The maximum atomic E-state index is 5.27. The molecule has 2 aliphatic rings. The molecule has 0 aromatic carbocycles. The fourth-order valence-corrected chi connectivity index (χ4v) is 1.03. The molecule has 0 fully saturated rings. The van der Waals surface area contributed by atoms with Crippen molar-refractivity contribution in [3.05, 3.63) is 48.3 Å². The fraction of sp³-hybridized carbons (Fsp3) is 0.111. The van der Waals surface area contributed by atoms with Gasteiger partial charge in [0.25, 0.3) is 0 Å². The molecular weight excluding hydrogens is 124 g/mol. The Hall–Kier alpha value is -1.24. The summed E-state index contributed by atoms with van der Waals surface area (Å²) in [6.45, 7) is 0. The van der Waals surface area contributed by atoms with Crippen LogP contribution in [0, 0.1) is 6.08 Å². The molecule has 10 heavy (non-hydrogen) atoms. The summed E-state index contributed by atoms with van der Waals surface area (Å²) in [5, 5.41) is 0. The molecule has 1 unspecified atom stereocenters. The van der Waals surface area contributed by atoms with Gasteiger partial charge in [-0.3, -0.25) is 0 Å². The molecule has 0 bridgehead atoms. The Labute approximate surface area is 60.0 Å². The number of allylic oxidation sites excluding steroid dienone is 4. The average molecular weight is 131 g/mol. The van der Waals surface area contributed by atoms with E-state index in [2.05, 4.69) is 6.08 Å². The first-order chi connectivity index (χ1) is 4.97. The van der Waals surface area contributed by atoms with Crippen LogP contribution in [0.15, 0.2) is 42.2 Å². The maximum Gasteiger partial charge on any atom is 0.141 e. The molecule has 1 radical (unpaired) electrons. The molecule has 1 aliphatic carbocycles. The normalized spacial score (nSPS) is 27.2. The zero-order valence-electron chi connectivity index (χ0n) is 5.45. The van der Waals surface area contributed by atoms with E-state index < -0.39 is 0 Å². The van der Waals surface area contributed by atoms with E-state index in [9.17, 15) is 0 Å². The Kier molecular flexibility index (Phi) is 1.21. The van der Waals surface area contributed by atoms with Gasteiger partial charge in [-0.2, -0.15) is 0 Å². The first-order valence-electron chi connectivity index (χ1n) is 3.25. The highest BCUT2D eigenvalue weighted by molar-refractivity contribution is 5.36. The molecule has 49 valence electrons. The van der Waals surface area contributed by atoms with Crippen LogP contribution < -0.4 is 0 Å². The molecule has 1 atom stereocenters. The summed E-state index contributed by atoms with van der Waals surface area (Å²) >= 11 is 0. The Balaban J connectivity index is 2.34. The Bertz CT molecular complexity index is 243. The molecule has 0 aromatic rings. The summed E-state index contributed by atoms with van der Waals surface area (Å²) < 4.78 is 5.27. The summed E-state index contributed by atoms with van der Waals surface area (Å²) in [5.74, 6) is 0. The van der Waals surface area contributed by atoms with Crippen LogP contribution in [0.25, 0.3) is 0 Å². The lowest BCUT2D eigenvalue weighted by Gasteiger charge is -2.18. The largest absolute Gasteiger partial charge is 0.489 e. The average Bonchev–Trinajstić information content (AvgIpc) is 2.05. The summed E-state index contributed by atoms with van der Waals surface area (Å²) in [7, 11) is 0. The maximum absolute atomic E-state index is 5.27. The van der Waals surface area contributed by atoms with Gasteiger partial charge in [0.15, 0.2) is 0 Å². The molecule has 0 aromatic heterocycles. The molecular formula is C9H7O. The standard InChI is InChI=1S/C9H7O/c1-2-6-9-8(4-1)5-3-7-10-9/h2-7,9H. The van der Waals surface area contributed by atoms with Crippen molar-refractivity contribution < 1.29 is 4.74 Å². The quantitative estimate of drug-likeness (QED) is 0.486. The van der Waals surface area contributed by atoms with Gasteiger partial charge in [0.2, 0.25) is 0 Å². The van der Waals surface area contributed by atoms with E-state index in [0.29, 0.717) is 0 Å². The summed E-state index contributed by atoms with van der Waals surface area (Å²) in [4.78, 5) is 0. The summed E-state index contributed by atoms with van der Waals surface area (Å²) in [6, 6.07) is 0. The Morgan fingerprint density at radius 1 is 1.50 bits per heavy atom. The van der Waals surface area contributed by atoms with E-state index in [1.165, 1.54) is 5.57 Å². The second-order valence-electron chi connectivity index (χ2n) is 2.22. The zero-order chi connectivity index (χ0) is 6.81. The van der Waals surface area contributed by atoms with Crippen LogP contribution in [-0.2, 0) is 4.74 Å². The van der Waals surface area contributed by atoms with Crippen molar-refractivity contribution in [2.75, 3.05) is 0 Å². The van der Waals surface area contributed by atoms with E-state index in [-0.39, 0.29) is 6.10 Å². The van der Waals surface area contributed by atoms with Crippen LogP contribution >= 0.6 is 0 Å². The van der Waals surface area contributed by atoms with E-state index in [0.717, 1.165) is 0 Å². The topological polar surface area (TPSA) is 9.23 Å². The van der Waals surface area contributed by atoms with Gasteiger partial charge in [0.05, 0.1) is 6.26 Å². The van der Waals surface area contributed by atoms with E-state index in [1.54, 1.807) is 6.26 Å². The number of hydrogen-bond acceptors (Lipinski definition) is 1. The third kappa shape index (κ3) is 0.798. The van der Waals surface area contributed by atoms with Crippen LogP contribution in [0.5, 0.6) is 0 Å². The molecule has 1 aliphatic heterocycles. The SMILES string of the molecule is [C]1=CC2=CC=COC2C=C1. The third-order valence-corrected chi connectivity index (χ3v) is 1.54. The van der Waals surface area contributed by atoms with E-state index in [1.807, 2.05) is 30.4 Å². The Morgan fingerprint density at radius 3 is 3.40 bits per heavy atom. The van der Waals surface area contributed by atoms with Gasteiger partial charge >= 0.3 is 0 Å². The number of fused-ring (bicyclic) bond motifs is 1. The van der Waals surface area contributed by atoms with Crippen molar-refractivity contribution in [2.45, 2.75) is 6.10 Å². The van der Waals surface area contributed by atoms with Crippen molar-refractivity contribution in [3.8, 4) is 0 Å². The first-order valence-corrected chi connectivity index (χ1v) is 3.25. The highest BCUT2D eigenvalue weighted by Gasteiger charge is 2.11. The first kappa shape index (κ1) is 5.54. The Morgan fingerprint density at radius 2 is 2.50 bits per heavy atom. The number of hydrogen-bond donors (Lipinski definition) is 0. The molecule has 0 saturated carbocycles. The second kappa shape index (κ2) is 2.18. The molecule has 1 nitrogen and oxygen atoms in total. The van der Waals surface area contributed by atoms with Crippen LogP contribution in [0.3, 0.4) is 0 Å². The van der Waals surface area contributed by atoms with Gasteiger partial charge in [-0.15, -0.1) is 0 Å². The minimum absolute atomic E-state index is 0.131. The minimum atomic E-state index is 0.131. The summed E-state index contributed by atoms with van der Waals surface area (Å²) in [5.41, 5.74) is 1.17. The van der Waals surface area contributed by atoms with E-state index in [4.69, 9.17) is 4.74 Å². The van der Waals surface area contributed by atoms with Gasteiger partial charge in [0.1, 0.15) is 6.10 Å². The van der Waals surface area contributed by atoms with Crippen molar-refractivity contribution >= 4 is 0 Å². The monoisotopic (exact) mass is 131 g/mol. The van der Waals surface area contributed by atoms with Gasteiger partial charge in [-0.05, 0) is 29.9 Å². The van der Waals surface area contributed by atoms with E-state index >= 15 is 0 Å². The van der Waals surface area contributed by atoms with Crippen LogP contribution in [0.1, 0.15) is 0 Å². The van der Waals surface area contributed by atoms with Gasteiger partial charge in [0, 0.05) is 0 Å². The van der Waals surface area contributed by atoms with Gasteiger partial charge < -0.3 is 4.74 Å². The molecule has 0 saturated heterocycles. The molecule has 2 rings (SSSR count). The lowest BCUT2D eigenvalue weighted by molar-refractivity contribution is 0.215. The molecule has 0 spiro atoms. The third-order valence-electron chi connectivity index (χ3n) is 1.54. The number of rotatable bonds is 0. The van der Waals surface area contributed by atoms with Crippen LogP contribution in [0.2, 0.25) is 0 Å². The van der Waals surface area contributed by atoms with Crippen molar-refractivity contribution in [2.24, 2.45) is 0 Å². The number of ether oxygens (including phenoxy) is 1. The molecule has 1 heterocycles. The van der Waals surface area contributed by atoms with Crippen molar-refractivity contribution in [1.29, 1.82) is 0 Å². The molecule has 1 heteroatoms. The molecule has 0 amide bonds. The van der Waals surface area contributed by atoms with Crippen molar-refractivity contribution in [1.82, 2.24) is 0 Å². The predicted octanol–water partition coefficient (Wildman–Crippen LogP) is 1.75. The lowest BCUT2D eigenvalue weighted by Crippen LogP contribution is -2.12. The second-order valence-corrected chi connectivity index (χ2v) is 2.22. The van der Waals surface area contributed by atoms with Crippen molar-refractivity contribution in [3.63, 3.8) is 0 Å². The summed E-state index contributed by atoms with van der Waals surface area (Å²) in [6.07, 6.45) is 14.6. The van der Waals surface area contributed by atoms with Crippen LogP contribution in [-0.4, -0.2) is 6.10 Å². The highest BCUT2D eigenvalue weighted by Crippen LogP contribution is 2.17. The van der Waals surface area contributed by atoms with Crippen LogP contribution in [0.4, 0.5) is 0 Å².